The maximum absolute atomic E-state index is 13.0. The molecule has 1 aliphatic heterocycles. The number of rotatable bonds is 7. The number of likely N-dealkylation sites (tertiary alicyclic amines) is 1. The molecule has 8 nitrogen and oxygen atoms in total. The lowest BCUT2D eigenvalue weighted by molar-refractivity contribution is -0.274. The molecule has 1 fully saturated rings. The lowest BCUT2D eigenvalue weighted by Crippen LogP contribution is -2.45. The largest absolute Gasteiger partial charge is 0.573 e. The number of piperidine rings is 1. The van der Waals surface area contributed by atoms with Gasteiger partial charge in [0, 0.05) is 35.6 Å². The number of nitrogens with one attached hydrogen (secondary N) is 2. The molecule has 0 saturated carbocycles. The zero-order valence-electron chi connectivity index (χ0n) is 20.8. The molecule has 2 N–H and O–H groups in total. The van der Waals surface area contributed by atoms with Crippen LogP contribution in [0.5, 0.6) is 5.75 Å². The predicted octanol–water partition coefficient (Wildman–Crippen LogP) is 5.19. The van der Waals surface area contributed by atoms with E-state index in [1.807, 2.05) is 4.90 Å². The number of methoxy groups -OCH3 is 1. The standard InChI is InChI=1S/C26H25F3N4O4S2/c1-36-22(34)14-30-25(38)33-12-10-17(11-13-33)24-32-21(15-39-24)23(35)31-20-5-3-2-4-19(20)16-6-8-18(9-7-16)37-26(27,28)29/h2-9,15,17H,10-14H2,1H3,(H,30,38)(H,31,35). The van der Waals surface area contributed by atoms with E-state index in [-0.39, 0.29) is 29.8 Å². The number of halogens is 3. The topological polar surface area (TPSA) is 92.8 Å². The molecule has 0 aliphatic carbocycles. The van der Waals surface area contributed by atoms with Gasteiger partial charge in [0.2, 0.25) is 0 Å². The summed E-state index contributed by atoms with van der Waals surface area (Å²) in [7, 11) is 1.32. The van der Waals surface area contributed by atoms with Gasteiger partial charge in [0.05, 0.1) is 12.1 Å². The average Bonchev–Trinajstić information content (AvgIpc) is 3.42. The molecule has 2 heterocycles. The van der Waals surface area contributed by atoms with Crippen molar-refractivity contribution in [1.82, 2.24) is 15.2 Å². The van der Waals surface area contributed by atoms with Crippen molar-refractivity contribution in [3.05, 3.63) is 64.6 Å². The summed E-state index contributed by atoms with van der Waals surface area (Å²) < 4.78 is 46.0. The molecule has 1 aliphatic rings. The number of carbonyl (C=O) groups excluding carboxylic acids is 2. The summed E-state index contributed by atoms with van der Waals surface area (Å²) in [5.41, 5.74) is 2.05. The van der Waals surface area contributed by atoms with Crippen molar-refractivity contribution in [3.63, 3.8) is 0 Å². The Hall–Kier alpha value is -3.71. The number of carbonyl (C=O) groups is 2. The third-order valence-corrected chi connectivity index (χ3v) is 7.48. The van der Waals surface area contributed by atoms with Gasteiger partial charge in [-0.15, -0.1) is 24.5 Å². The molecule has 0 radical (unpaired) electrons. The fourth-order valence-electron chi connectivity index (χ4n) is 4.11. The Balaban J connectivity index is 1.36. The highest BCUT2D eigenvalue weighted by molar-refractivity contribution is 7.80. The molecule has 0 unspecified atom stereocenters. The molecule has 0 atom stereocenters. The van der Waals surface area contributed by atoms with Crippen molar-refractivity contribution in [3.8, 4) is 16.9 Å². The minimum Gasteiger partial charge on any atom is -0.468 e. The number of esters is 1. The van der Waals surface area contributed by atoms with Crippen LogP contribution in [0.4, 0.5) is 18.9 Å². The van der Waals surface area contributed by atoms with E-state index in [9.17, 15) is 22.8 Å². The van der Waals surface area contributed by atoms with E-state index in [4.69, 9.17) is 12.2 Å². The molecule has 0 spiro atoms. The Morgan fingerprint density at radius 2 is 1.82 bits per heavy atom. The number of benzene rings is 2. The van der Waals surface area contributed by atoms with Gasteiger partial charge in [-0.2, -0.15) is 0 Å². The molecule has 3 aromatic rings. The van der Waals surface area contributed by atoms with Crippen LogP contribution in [0, 0.1) is 0 Å². The number of ether oxygens (including phenoxy) is 2. The van der Waals surface area contributed by atoms with Crippen molar-refractivity contribution in [2.45, 2.75) is 25.1 Å². The monoisotopic (exact) mass is 578 g/mol. The van der Waals surface area contributed by atoms with Crippen molar-refractivity contribution in [1.29, 1.82) is 0 Å². The summed E-state index contributed by atoms with van der Waals surface area (Å²) in [4.78, 5) is 30.9. The van der Waals surface area contributed by atoms with Gasteiger partial charge in [0.25, 0.3) is 5.91 Å². The molecular formula is C26H25F3N4O4S2. The van der Waals surface area contributed by atoms with E-state index >= 15 is 0 Å². The van der Waals surface area contributed by atoms with Gasteiger partial charge >= 0.3 is 12.3 Å². The first-order valence-electron chi connectivity index (χ1n) is 11.9. The SMILES string of the molecule is COC(=O)CNC(=S)N1CCC(c2nc(C(=O)Nc3ccccc3-c3ccc(OC(F)(F)F)cc3)cs2)CC1. The molecule has 4 rings (SSSR count). The normalized spacial score (nSPS) is 14.0. The number of aromatic nitrogens is 1. The number of thiocarbonyl (C=S) groups is 1. The van der Waals surface area contributed by atoms with Crippen molar-refractivity contribution in [2.24, 2.45) is 0 Å². The molecular weight excluding hydrogens is 553 g/mol. The summed E-state index contributed by atoms with van der Waals surface area (Å²) in [6.07, 6.45) is -3.18. The predicted molar refractivity (Wildman–Crippen MR) is 145 cm³/mol. The average molecular weight is 579 g/mol. The Morgan fingerprint density at radius 3 is 2.49 bits per heavy atom. The van der Waals surface area contributed by atoms with E-state index in [1.54, 1.807) is 29.6 Å². The highest BCUT2D eigenvalue weighted by Gasteiger charge is 2.31. The molecule has 206 valence electrons. The second-order valence-electron chi connectivity index (χ2n) is 8.64. The molecule has 13 heteroatoms. The van der Waals surface area contributed by atoms with E-state index < -0.39 is 12.3 Å². The van der Waals surface area contributed by atoms with Gasteiger partial charge in [0.1, 0.15) is 18.0 Å². The van der Waals surface area contributed by atoms with Gasteiger partial charge < -0.3 is 25.0 Å². The first kappa shape index (κ1) is 28.3. The third-order valence-electron chi connectivity index (χ3n) is 6.07. The van der Waals surface area contributed by atoms with Crippen LogP contribution in [0.3, 0.4) is 0 Å². The highest BCUT2D eigenvalue weighted by atomic mass is 32.1. The van der Waals surface area contributed by atoms with Crippen LogP contribution in [-0.4, -0.2) is 60.0 Å². The molecule has 1 saturated heterocycles. The maximum Gasteiger partial charge on any atom is 0.573 e. The lowest BCUT2D eigenvalue weighted by atomic mass is 9.98. The summed E-state index contributed by atoms with van der Waals surface area (Å²) in [6, 6.07) is 12.4. The number of thiazole rings is 1. The fourth-order valence-corrected chi connectivity index (χ4v) is 5.33. The zero-order valence-corrected chi connectivity index (χ0v) is 22.4. The minimum atomic E-state index is -4.77. The Kier molecular flexibility index (Phi) is 9.02. The van der Waals surface area contributed by atoms with Gasteiger partial charge in [-0.05, 0) is 48.8 Å². The van der Waals surface area contributed by atoms with Crippen molar-refractivity contribution < 1.29 is 32.2 Å². The van der Waals surface area contributed by atoms with Crippen LogP contribution >= 0.6 is 23.6 Å². The summed E-state index contributed by atoms with van der Waals surface area (Å²) in [5, 5.41) is 8.84. The maximum atomic E-state index is 13.0. The highest BCUT2D eigenvalue weighted by Crippen LogP contribution is 2.33. The van der Waals surface area contributed by atoms with Crippen LogP contribution in [0.15, 0.2) is 53.9 Å². The molecule has 1 amide bonds. The second-order valence-corrected chi connectivity index (χ2v) is 9.92. The van der Waals surface area contributed by atoms with Crippen LogP contribution in [-0.2, 0) is 9.53 Å². The number of nitrogens with zero attached hydrogens (tertiary/aromatic N) is 2. The Bertz CT molecular complexity index is 1320. The minimum absolute atomic E-state index is 0.0150. The summed E-state index contributed by atoms with van der Waals surface area (Å²) >= 11 is 6.78. The van der Waals surface area contributed by atoms with Crippen molar-refractivity contribution >= 4 is 46.2 Å². The van der Waals surface area contributed by atoms with Gasteiger partial charge in [0.15, 0.2) is 5.11 Å². The first-order valence-corrected chi connectivity index (χ1v) is 13.2. The molecule has 1 aromatic heterocycles. The molecule has 0 bridgehead atoms. The van der Waals surface area contributed by atoms with Crippen molar-refractivity contribution in [2.75, 3.05) is 32.1 Å². The van der Waals surface area contributed by atoms with E-state index in [0.717, 1.165) is 17.8 Å². The van der Waals surface area contributed by atoms with Gasteiger partial charge in [-0.1, -0.05) is 30.3 Å². The Labute approximate surface area is 232 Å². The van der Waals surface area contributed by atoms with Gasteiger partial charge in [-0.3, -0.25) is 9.59 Å². The number of hydrogen-bond acceptors (Lipinski definition) is 7. The first-order chi connectivity index (χ1) is 18.6. The number of anilines is 1. The quantitative estimate of drug-likeness (QED) is 0.293. The summed E-state index contributed by atoms with van der Waals surface area (Å²) in [5.74, 6) is -0.918. The number of amides is 1. The lowest BCUT2D eigenvalue weighted by Gasteiger charge is -2.33. The smallest absolute Gasteiger partial charge is 0.468 e. The fraction of sp³-hybridized carbons (Fsp3) is 0.308. The van der Waals surface area contributed by atoms with Crippen LogP contribution in [0.1, 0.15) is 34.3 Å². The Morgan fingerprint density at radius 1 is 1.13 bits per heavy atom. The van der Waals surface area contributed by atoms with Crippen LogP contribution in [0.2, 0.25) is 0 Å². The number of para-hydroxylation sites is 1. The zero-order chi connectivity index (χ0) is 28.0. The summed E-state index contributed by atoms with van der Waals surface area (Å²) in [6.45, 7) is 1.40. The molecule has 39 heavy (non-hydrogen) atoms. The second kappa shape index (κ2) is 12.4. The van der Waals surface area contributed by atoms with E-state index in [1.165, 1.54) is 42.7 Å². The van der Waals surface area contributed by atoms with E-state index in [2.05, 4.69) is 25.1 Å². The van der Waals surface area contributed by atoms with Gasteiger partial charge in [-0.25, -0.2) is 4.98 Å². The van der Waals surface area contributed by atoms with Crippen LogP contribution < -0.4 is 15.4 Å². The van der Waals surface area contributed by atoms with Crippen LogP contribution in [0.25, 0.3) is 11.1 Å². The number of alkyl halides is 3. The molecule has 2 aromatic carbocycles. The third kappa shape index (κ3) is 7.67. The number of hydrogen-bond donors (Lipinski definition) is 2. The van der Waals surface area contributed by atoms with E-state index in [0.29, 0.717) is 35.0 Å².